The Bertz CT molecular complexity index is 8300. The summed E-state index contributed by atoms with van der Waals surface area (Å²) in [5.74, 6) is -5.05. The van der Waals surface area contributed by atoms with E-state index in [4.69, 9.17) is 20.4 Å². The number of carbonyl (C=O) groups is 4. The smallest absolute Gasteiger partial charge is 0.435 e. The monoisotopic (exact) mass is 2640 g/mol. The van der Waals surface area contributed by atoms with E-state index in [1.54, 1.807) is 75.9 Å². The van der Waals surface area contributed by atoms with Gasteiger partial charge in [0.1, 0.15) is 34.7 Å². The molecule has 18 heterocycles. The van der Waals surface area contributed by atoms with Crippen molar-refractivity contribution in [3.63, 3.8) is 0 Å². The van der Waals surface area contributed by atoms with E-state index < -0.39 is 59.5 Å². The van der Waals surface area contributed by atoms with Gasteiger partial charge in [-0.05, 0) is 134 Å². The number of rotatable bonds is 6. The number of pyridine rings is 10. The van der Waals surface area contributed by atoms with Crippen LogP contribution in [-0.2, 0) is 121 Å². The number of aryl methyl sites for hydroxylation is 9. The van der Waals surface area contributed by atoms with Gasteiger partial charge >= 0.3 is 36.2 Å². The molecule has 0 unspecified atom stereocenters. The van der Waals surface area contributed by atoms with Crippen molar-refractivity contribution in [2.24, 2.45) is 28.2 Å². The van der Waals surface area contributed by atoms with Gasteiger partial charge in [-0.15, -0.1) is 12.1 Å². The summed E-state index contributed by atoms with van der Waals surface area (Å²) in [6, 6.07) is 72.8. The number of hydrogen-bond acceptors (Lipinski definition) is 16. The van der Waals surface area contributed by atoms with Gasteiger partial charge < -0.3 is 67.4 Å². The summed E-state index contributed by atoms with van der Waals surface area (Å²) in [6.45, 7) is 8.74. The zero-order valence-corrected chi connectivity index (χ0v) is 85.6. The fourth-order valence-electron chi connectivity index (χ4n) is 16.4. The van der Waals surface area contributed by atoms with Crippen molar-refractivity contribution in [1.82, 2.24) is 96.5 Å². The second-order valence-corrected chi connectivity index (χ2v) is 31.8. The van der Waals surface area contributed by atoms with E-state index in [2.05, 4.69) is 84.3 Å². The van der Waals surface area contributed by atoms with Crippen LogP contribution in [0.2, 0.25) is 0 Å². The number of carboxylic acids is 4. The number of carboxylic acid groups (broad SMARTS) is 4. The molecule has 18 aromatic heterocycles. The zero-order valence-electron chi connectivity index (χ0n) is 76.0. The quantitative estimate of drug-likeness (QED) is 0.0520. The van der Waals surface area contributed by atoms with Crippen LogP contribution >= 0.6 is 0 Å². The van der Waals surface area contributed by atoms with E-state index >= 15 is 0 Å². The van der Waals surface area contributed by atoms with Gasteiger partial charge in [0.2, 0.25) is 0 Å². The first-order valence-corrected chi connectivity index (χ1v) is 42.3. The topological polar surface area (TPSA) is 342 Å². The summed E-state index contributed by atoms with van der Waals surface area (Å²) < 4.78 is 116. The van der Waals surface area contributed by atoms with Crippen LogP contribution in [0.3, 0.4) is 0 Å². The molecular weight excluding hydrogens is 2570 g/mol. The van der Waals surface area contributed by atoms with Crippen molar-refractivity contribution >= 4 is 166 Å². The number of aromatic carboxylic acids is 4. The minimum absolute atomic E-state index is 0. The second-order valence-electron chi connectivity index (χ2n) is 31.8. The summed E-state index contributed by atoms with van der Waals surface area (Å²) in [6.07, 6.45) is 5.84. The largest absolute Gasteiger partial charge is 0.477 e. The average Bonchev–Trinajstić information content (AvgIpc) is 1.47. The molecule has 0 bridgehead atoms. The van der Waals surface area contributed by atoms with Crippen LogP contribution in [0.25, 0.3) is 154 Å². The van der Waals surface area contributed by atoms with Gasteiger partial charge in [-0.1, -0.05) is 163 Å². The van der Waals surface area contributed by atoms with Crippen LogP contribution in [0.1, 0.15) is 81.8 Å². The Kier molecular flexibility index (Phi) is 31.7. The fourth-order valence-corrected chi connectivity index (χ4v) is 16.4. The van der Waals surface area contributed by atoms with Gasteiger partial charge in [-0.3, -0.25) is 19.3 Å². The van der Waals surface area contributed by atoms with Gasteiger partial charge in [0, 0.05) is 220 Å². The predicted molar refractivity (Wildman–Crippen MR) is 508 cm³/mol. The van der Waals surface area contributed by atoms with Crippen LogP contribution < -0.4 is 0 Å². The van der Waals surface area contributed by atoms with E-state index in [-0.39, 0.29) is 103 Å². The molecule has 0 spiro atoms. The number of halogens is 8. The first-order valence-electron chi connectivity index (χ1n) is 42.3. The first-order chi connectivity index (χ1) is 66.6. The number of aromatic nitrogens is 20. The molecule has 4 radical (unpaired) electrons. The molecule has 0 fully saturated rings. The molecular formula is C103H74F8Ir4N20O8-4. The van der Waals surface area contributed by atoms with E-state index in [1.807, 2.05) is 227 Å². The molecule has 0 aliphatic heterocycles. The molecule has 0 atom stereocenters. The van der Waals surface area contributed by atoms with Gasteiger partial charge in [0.25, 0.3) is 0 Å². The molecule has 28 nitrogen and oxygen atoms in total. The number of para-hydroxylation sites is 6. The van der Waals surface area contributed by atoms with E-state index in [9.17, 15) is 54.3 Å². The Morgan fingerprint density at radius 3 is 0.909 bits per heavy atom. The van der Waals surface area contributed by atoms with Gasteiger partial charge in [-0.25, -0.2) is 47.9 Å². The van der Waals surface area contributed by atoms with Crippen molar-refractivity contribution in [2.45, 2.75) is 47.0 Å². The molecule has 0 aliphatic rings. The molecule has 4 N–H and O–H groups in total. The fraction of sp³-hybridized carbons (Fsp3) is 0.107. The summed E-state index contributed by atoms with van der Waals surface area (Å²) >= 11 is 0. The second kappa shape index (κ2) is 43.3. The van der Waals surface area contributed by atoms with Crippen molar-refractivity contribution in [1.29, 1.82) is 0 Å². The number of imidazole rings is 2. The SMILES string of the molecule is Cc1c[c-]c(-n2nc(C(F)(F)F)cc2C)cn1.Cc1cc(C(F)(F)F)nn1-c1[c-]ccnc1.Cc1cn2c3ccccc3c3nc(F)c[c-]c3c2n1.Cc1cn2c3ccccc3c3nc(F)c[c-]c3c2n1.Cn1c2ccccc2c2cc(C(=O)O)ncc21.Cn1c2ccccc2c2cc(C(=O)O)ncc21.Cn1c2ccccc2c2cc(C(=O)O)ncc21.Cn1c2ccccc2c2cc(C(=O)O)ncc21.[Ir].[Ir].[Ir].[Ir]. The maximum absolute atomic E-state index is 13.4. The zero-order chi connectivity index (χ0) is 98.3. The summed E-state index contributed by atoms with van der Waals surface area (Å²) in [5, 5.41) is 54.0. The maximum atomic E-state index is 13.4. The van der Waals surface area contributed by atoms with E-state index in [0.29, 0.717) is 33.8 Å². The van der Waals surface area contributed by atoms with Crippen LogP contribution in [0, 0.1) is 70.8 Å². The maximum Gasteiger partial charge on any atom is 0.435 e. The van der Waals surface area contributed by atoms with Gasteiger partial charge in [-0.2, -0.15) is 60.8 Å². The Labute approximate surface area is 858 Å². The number of alkyl halides is 6. The van der Waals surface area contributed by atoms with Crippen molar-refractivity contribution < 1.29 is 155 Å². The number of hydrogen-bond donors (Lipinski definition) is 4. The van der Waals surface area contributed by atoms with Gasteiger partial charge in [0.15, 0.2) is 11.4 Å². The predicted octanol–water partition coefficient (Wildman–Crippen LogP) is 21.4. The Balaban J connectivity index is 0.000000137. The normalized spacial score (nSPS) is 11.1. The van der Waals surface area contributed by atoms with Crippen LogP contribution in [0.5, 0.6) is 0 Å². The van der Waals surface area contributed by atoms with Crippen molar-refractivity contribution in [2.75, 3.05) is 0 Å². The summed E-state index contributed by atoms with van der Waals surface area (Å²) in [4.78, 5) is 84.2. The Hall–Kier alpha value is -15.5. The minimum Gasteiger partial charge on any atom is -0.477 e. The molecule has 24 rings (SSSR count). The van der Waals surface area contributed by atoms with E-state index in [1.165, 1.54) is 41.5 Å². The molecule has 730 valence electrons. The van der Waals surface area contributed by atoms with Crippen LogP contribution in [0.15, 0.2) is 262 Å². The standard InChI is InChI=1S/2C15H9FN3.4C13H10N2O2.C11H9F3N3.C10H7F3N3.4Ir/c2*1-9-8-19-12-5-3-2-4-10(12)14-11(15(19)17-9)6-7-13(16)18-14;4*1-15-11-5-3-2-4-8(11)9-6-10(13(16)17)14-7-12(9)15;1-7-3-4-9(6-15-7)17-8(2)5-10(16-17)11(12,13)14;1-7-5-9(10(11,12)13)15-16(7)8-3-2-4-14-6-8;;;;/h2*2-5,7-8H,1H3;4*2-7H,1H3,(H,16,17);3,5-6H,1-2H3;2,4-6H,1H3;;;;/q2*-1;;;;;2*-1;;;;. The molecule has 24 aromatic rings. The van der Waals surface area contributed by atoms with Crippen molar-refractivity contribution in [3.05, 3.63) is 361 Å². The van der Waals surface area contributed by atoms with E-state index in [0.717, 1.165) is 165 Å². The minimum atomic E-state index is -4.44. The number of nitrogens with zero attached hydrogens (tertiary/aromatic N) is 20. The van der Waals surface area contributed by atoms with Crippen LogP contribution in [-0.4, -0.2) is 141 Å². The Morgan fingerprint density at radius 1 is 0.329 bits per heavy atom. The summed E-state index contributed by atoms with van der Waals surface area (Å²) in [7, 11) is 7.80. The third-order valence-electron chi connectivity index (χ3n) is 22.8. The molecule has 143 heavy (non-hydrogen) atoms. The molecule has 40 heteroatoms. The first kappa shape index (κ1) is 105. The molecule has 0 saturated heterocycles. The molecule has 0 aliphatic carbocycles. The molecule has 0 amide bonds. The van der Waals surface area contributed by atoms with Crippen molar-refractivity contribution in [3.8, 4) is 11.4 Å². The summed E-state index contributed by atoms with van der Waals surface area (Å²) in [5.41, 5.74) is 15.3. The third kappa shape index (κ3) is 21.4. The third-order valence-corrected chi connectivity index (χ3v) is 22.8. The van der Waals surface area contributed by atoms with Gasteiger partial charge in [0.05, 0.1) is 58.1 Å². The number of benzene rings is 6. The van der Waals surface area contributed by atoms with Crippen LogP contribution in [0.4, 0.5) is 35.1 Å². The molecule has 0 saturated carbocycles. The Morgan fingerprint density at radius 2 is 0.629 bits per heavy atom. The number of fused-ring (bicyclic) bond motifs is 24. The molecule has 6 aromatic carbocycles. The average molecular weight is 2640 g/mol.